The molecule has 1 aromatic heterocycles. The minimum Gasteiger partial charge on any atom is -0.478 e. The second-order valence-electron chi connectivity index (χ2n) is 3.93. The van der Waals surface area contributed by atoms with Gasteiger partial charge in [0.05, 0.1) is 10.5 Å². The fraction of sp³-hybridized carbons (Fsp3) is 0.0909. The lowest BCUT2D eigenvalue weighted by Crippen LogP contribution is -2.17. The highest BCUT2D eigenvalue weighted by Gasteiger charge is 2.22. The van der Waals surface area contributed by atoms with Gasteiger partial charge >= 0.3 is 5.97 Å². The average molecular weight is 299 g/mol. The third-order valence-electron chi connectivity index (χ3n) is 2.56. The fourth-order valence-corrected chi connectivity index (χ4v) is 2.82. The number of sulfonamides is 1. The number of hydrogen-bond donors (Lipinski definition) is 3. The zero-order valence-electron chi connectivity index (χ0n) is 10.2. The monoisotopic (exact) mass is 299 g/mol. The molecule has 3 N–H and O–H groups in total. The number of nitrogens with zero attached hydrogens (tertiary/aromatic N) is 1. The summed E-state index contributed by atoms with van der Waals surface area (Å²) < 4.78 is 40.0. The van der Waals surface area contributed by atoms with Crippen LogP contribution in [0.3, 0.4) is 0 Å². The lowest BCUT2D eigenvalue weighted by molar-refractivity contribution is 0.0696. The number of hydrogen-bond acceptors (Lipinski definition) is 4. The van der Waals surface area contributed by atoms with Crippen LogP contribution in [0.25, 0.3) is 0 Å². The number of halogens is 1. The Morgan fingerprint density at radius 2 is 2.15 bits per heavy atom. The van der Waals surface area contributed by atoms with Gasteiger partial charge in [0.15, 0.2) is 0 Å². The Morgan fingerprint density at radius 1 is 1.45 bits per heavy atom. The number of carbonyl (C=O) groups is 1. The number of benzene rings is 1. The van der Waals surface area contributed by atoms with E-state index in [1.807, 2.05) is 0 Å². The van der Waals surface area contributed by atoms with Gasteiger partial charge in [-0.1, -0.05) is 0 Å². The summed E-state index contributed by atoms with van der Waals surface area (Å²) in [5.74, 6) is -2.38. The maximum atomic E-state index is 13.6. The van der Waals surface area contributed by atoms with Crippen molar-refractivity contribution in [1.29, 1.82) is 0 Å². The first-order valence-corrected chi connectivity index (χ1v) is 6.85. The van der Waals surface area contributed by atoms with Crippen LogP contribution < -0.4 is 4.72 Å². The molecule has 9 heteroatoms. The van der Waals surface area contributed by atoms with Gasteiger partial charge in [-0.25, -0.2) is 27.3 Å². The quantitative estimate of drug-likeness (QED) is 0.789. The Kier molecular flexibility index (Phi) is 3.45. The smallest absolute Gasteiger partial charge is 0.335 e. The van der Waals surface area contributed by atoms with E-state index >= 15 is 0 Å². The Hall–Kier alpha value is -2.42. The van der Waals surface area contributed by atoms with Crippen molar-refractivity contribution in [2.75, 3.05) is 4.72 Å². The highest BCUT2D eigenvalue weighted by molar-refractivity contribution is 7.92. The average Bonchev–Trinajstić information content (AvgIpc) is 2.83. The zero-order chi connectivity index (χ0) is 14.9. The predicted octanol–water partition coefficient (Wildman–Crippen LogP) is 1.36. The summed E-state index contributed by atoms with van der Waals surface area (Å²) in [4.78, 5) is 16.6. The molecular formula is C11H10FN3O4S. The van der Waals surface area contributed by atoms with E-state index in [9.17, 15) is 17.6 Å². The number of H-pyrrole nitrogens is 1. The molecule has 0 saturated heterocycles. The van der Waals surface area contributed by atoms with Crippen LogP contribution in [0, 0.1) is 12.7 Å². The number of aromatic carboxylic acids is 1. The van der Waals surface area contributed by atoms with Crippen LogP contribution in [0.5, 0.6) is 0 Å². The molecule has 0 fully saturated rings. The maximum Gasteiger partial charge on any atom is 0.335 e. The minimum absolute atomic E-state index is 0.0504. The summed E-state index contributed by atoms with van der Waals surface area (Å²) >= 11 is 0. The van der Waals surface area contributed by atoms with Crippen molar-refractivity contribution < 1.29 is 22.7 Å². The number of imidazole rings is 1. The van der Waals surface area contributed by atoms with Crippen molar-refractivity contribution in [3.05, 3.63) is 41.5 Å². The lowest BCUT2D eigenvalue weighted by Gasteiger charge is -2.10. The van der Waals surface area contributed by atoms with Crippen LogP contribution >= 0.6 is 0 Å². The van der Waals surface area contributed by atoms with Crippen molar-refractivity contribution in [3.63, 3.8) is 0 Å². The molecule has 1 heterocycles. The van der Waals surface area contributed by atoms with Crippen LogP contribution in [0.15, 0.2) is 29.4 Å². The molecular weight excluding hydrogens is 289 g/mol. The molecule has 7 nitrogen and oxygen atoms in total. The number of carboxylic acid groups (broad SMARTS) is 1. The van der Waals surface area contributed by atoms with E-state index in [4.69, 9.17) is 5.11 Å². The van der Waals surface area contributed by atoms with Gasteiger partial charge in [-0.3, -0.25) is 0 Å². The molecule has 0 atom stereocenters. The van der Waals surface area contributed by atoms with Crippen molar-refractivity contribution in [2.24, 2.45) is 0 Å². The first-order chi connectivity index (χ1) is 9.31. The van der Waals surface area contributed by atoms with Crippen molar-refractivity contribution in [3.8, 4) is 0 Å². The van der Waals surface area contributed by atoms with Crippen molar-refractivity contribution in [2.45, 2.75) is 11.8 Å². The van der Waals surface area contributed by atoms with Gasteiger partial charge in [0.25, 0.3) is 10.0 Å². The third-order valence-corrected chi connectivity index (χ3v) is 4.03. The molecule has 0 bridgehead atoms. The molecule has 0 aliphatic rings. The standard InChI is InChI=1S/C11H10FN3O4S/c1-6-8(12)4-7(10(16)17)5-9(6)20(18,19)15-11-13-2-3-14-11/h2-5H,1H3,(H,16,17)(H2,13,14,15). The summed E-state index contributed by atoms with van der Waals surface area (Å²) in [6.07, 6.45) is 2.73. The number of nitrogens with one attached hydrogen (secondary N) is 2. The SMILES string of the molecule is Cc1c(F)cc(C(=O)O)cc1S(=O)(=O)Nc1ncc[nH]1. The number of aromatic amines is 1. The second-order valence-corrected chi connectivity index (χ2v) is 5.58. The van der Waals surface area contributed by atoms with E-state index in [1.165, 1.54) is 19.3 Å². The van der Waals surface area contributed by atoms with E-state index in [0.29, 0.717) is 0 Å². The molecule has 0 saturated carbocycles. The Balaban J connectivity index is 2.53. The van der Waals surface area contributed by atoms with E-state index in [2.05, 4.69) is 14.7 Å². The minimum atomic E-state index is -4.14. The molecule has 0 unspecified atom stereocenters. The Morgan fingerprint density at radius 3 is 2.70 bits per heavy atom. The lowest BCUT2D eigenvalue weighted by atomic mass is 10.1. The third kappa shape index (κ3) is 2.62. The summed E-state index contributed by atoms with van der Waals surface area (Å²) in [6, 6.07) is 1.66. The van der Waals surface area contributed by atoms with Crippen molar-refractivity contribution in [1.82, 2.24) is 9.97 Å². The van der Waals surface area contributed by atoms with Crippen LogP contribution in [-0.4, -0.2) is 29.5 Å². The topological polar surface area (TPSA) is 112 Å². The van der Waals surface area contributed by atoms with Gasteiger partial charge in [0, 0.05) is 18.0 Å². The van der Waals surface area contributed by atoms with Crippen LogP contribution in [-0.2, 0) is 10.0 Å². The second kappa shape index (κ2) is 4.93. The molecule has 20 heavy (non-hydrogen) atoms. The fourth-order valence-electron chi connectivity index (χ4n) is 1.56. The molecule has 0 aliphatic carbocycles. The number of aromatic nitrogens is 2. The van der Waals surface area contributed by atoms with Crippen LogP contribution in [0.1, 0.15) is 15.9 Å². The molecule has 0 aliphatic heterocycles. The van der Waals surface area contributed by atoms with Gasteiger partial charge in [0.2, 0.25) is 5.95 Å². The first kappa shape index (κ1) is 14.0. The molecule has 106 valence electrons. The summed E-state index contributed by atoms with van der Waals surface area (Å²) in [7, 11) is -4.14. The predicted molar refractivity (Wildman–Crippen MR) is 67.5 cm³/mol. The van der Waals surface area contributed by atoms with Crippen LogP contribution in [0.4, 0.5) is 10.3 Å². The Labute approximate surface area is 113 Å². The molecule has 2 rings (SSSR count). The normalized spacial score (nSPS) is 11.3. The van der Waals surface area contributed by atoms with E-state index in [0.717, 1.165) is 12.1 Å². The molecule has 0 spiro atoms. The van der Waals surface area contributed by atoms with Crippen molar-refractivity contribution >= 4 is 21.9 Å². The first-order valence-electron chi connectivity index (χ1n) is 5.37. The number of anilines is 1. The number of carboxylic acids is 1. The zero-order valence-corrected chi connectivity index (χ0v) is 11.0. The molecule has 0 amide bonds. The largest absolute Gasteiger partial charge is 0.478 e. The van der Waals surface area contributed by atoms with Crippen LogP contribution in [0.2, 0.25) is 0 Å². The summed E-state index contributed by atoms with van der Waals surface area (Å²) in [5, 5.41) is 8.85. The molecule has 1 aromatic carbocycles. The van der Waals surface area contributed by atoms with Gasteiger partial charge in [0.1, 0.15) is 5.82 Å². The van der Waals surface area contributed by atoms with Gasteiger partial charge in [-0.2, -0.15) is 0 Å². The summed E-state index contributed by atoms with van der Waals surface area (Å²) in [6.45, 7) is 1.25. The Bertz CT molecular complexity index is 756. The van der Waals surface area contributed by atoms with Gasteiger partial charge in [-0.05, 0) is 19.1 Å². The molecule has 0 radical (unpaired) electrons. The highest BCUT2D eigenvalue weighted by atomic mass is 32.2. The van der Waals surface area contributed by atoms with E-state index in [1.54, 1.807) is 0 Å². The number of rotatable bonds is 4. The van der Waals surface area contributed by atoms with Gasteiger partial charge < -0.3 is 10.1 Å². The maximum absolute atomic E-state index is 13.6. The van der Waals surface area contributed by atoms with E-state index in [-0.39, 0.29) is 11.5 Å². The molecule has 2 aromatic rings. The van der Waals surface area contributed by atoms with Gasteiger partial charge in [-0.15, -0.1) is 0 Å². The highest BCUT2D eigenvalue weighted by Crippen LogP contribution is 2.22. The van der Waals surface area contributed by atoms with E-state index < -0.39 is 32.3 Å². The summed E-state index contributed by atoms with van der Waals surface area (Å²) in [5.41, 5.74) is -0.623.